The summed E-state index contributed by atoms with van der Waals surface area (Å²) in [5.41, 5.74) is 3.80. The van der Waals surface area contributed by atoms with Crippen LogP contribution in [-0.4, -0.2) is 24.0 Å². The zero-order chi connectivity index (χ0) is 17.7. The van der Waals surface area contributed by atoms with Crippen molar-refractivity contribution in [2.75, 3.05) is 6.61 Å². The number of carbonyl (C=O) groups is 2. The maximum absolute atomic E-state index is 12.4. The molecule has 0 aliphatic rings. The minimum atomic E-state index is -4.39. The molecule has 128 valence electrons. The van der Waals surface area contributed by atoms with Crippen molar-refractivity contribution in [3.63, 3.8) is 0 Å². The predicted octanol–water partition coefficient (Wildman–Crippen LogP) is 1.99. The maximum atomic E-state index is 12.4. The smallest absolute Gasteiger partial charge is 0.368 e. The number of hydrogen-bond acceptors (Lipinski definition) is 3. The van der Waals surface area contributed by atoms with Crippen LogP contribution in [0.3, 0.4) is 0 Å². The predicted molar refractivity (Wildman–Crippen MR) is 77.1 cm³/mol. The van der Waals surface area contributed by atoms with E-state index in [1.807, 2.05) is 0 Å². The topological polar surface area (TPSA) is 81.4 Å². The number of amides is 2. The van der Waals surface area contributed by atoms with Gasteiger partial charge in [0.2, 0.25) is 11.8 Å². The first kappa shape index (κ1) is 19.0. The van der Waals surface area contributed by atoms with Crippen molar-refractivity contribution in [2.45, 2.75) is 38.6 Å². The van der Waals surface area contributed by atoms with Gasteiger partial charge in [-0.3, -0.25) is 9.59 Å². The van der Waals surface area contributed by atoms with E-state index in [0.717, 1.165) is 12.1 Å². The monoisotopic (exact) mass is 332 g/mol. The summed E-state index contributed by atoms with van der Waals surface area (Å²) in [5, 5.41) is 2.47. The van der Waals surface area contributed by atoms with Gasteiger partial charge in [-0.2, -0.15) is 13.2 Å². The van der Waals surface area contributed by atoms with Crippen molar-refractivity contribution in [3.8, 4) is 0 Å². The van der Waals surface area contributed by atoms with E-state index >= 15 is 0 Å². The number of primary amides is 1. The molecule has 0 radical (unpaired) electrons. The Labute approximate surface area is 132 Å². The number of alkyl halides is 3. The molecule has 1 atom stereocenters. The molecule has 8 heteroatoms. The van der Waals surface area contributed by atoms with Crippen molar-refractivity contribution < 1.29 is 27.5 Å². The lowest BCUT2D eigenvalue weighted by molar-refractivity contribution is -0.137. The summed E-state index contributed by atoms with van der Waals surface area (Å²) in [5.74, 6) is -1.18. The van der Waals surface area contributed by atoms with Crippen LogP contribution < -0.4 is 11.1 Å². The molecular weight excluding hydrogens is 313 g/mol. The fourth-order valence-electron chi connectivity index (χ4n) is 1.72. The van der Waals surface area contributed by atoms with Gasteiger partial charge in [0.1, 0.15) is 12.1 Å². The fourth-order valence-corrected chi connectivity index (χ4v) is 1.72. The van der Waals surface area contributed by atoms with Crippen LogP contribution in [0.5, 0.6) is 0 Å². The number of ether oxygens (including phenoxy) is 1. The molecular formula is C15H19F3N2O3. The SMILES string of the molecule is CCC(C)(NC(=O)COCc1ccc(C(F)(F)F)cc1)C(N)=O. The third-order valence-electron chi connectivity index (χ3n) is 3.45. The lowest BCUT2D eigenvalue weighted by Crippen LogP contribution is -2.55. The van der Waals surface area contributed by atoms with Gasteiger partial charge in [0.25, 0.3) is 0 Å². The summed E-state index contributed by atoms with van der Waals surface area (Å²) in [7, 11) is 0. The summed E-state index contributed by atoms with van der Waals surface area (Å²) in [6.45, 7) is 2.85. The summed E-state index contributed by atoms with van der Waals surface area (Å²) < 4.78 is 42.4. The van der Waals surface area contributed by atoms with Gasteiger partial charge in [0.15, 0.2) is 0 Å². The highest BCUT2D eigenvalue weighted by molar-refractivity contribution is 5.90. The van der Waals surface area contributed by atoms with Crippen LogP contribution in [-0.2, 0) is 27.1 Å². The highest BCUT2D eigenvalue weighted by Gasteiger charge is 2.31. The number of hydrogen-bond donors (Lipinski definition) is 2. The molecule has 0 aliphatic heterocycles. The highest BCUT2D eigenvalue weighted by atomic mass is 19.4. The Balaban J connectivity index is 2.48. The first-order valence-corrected chi connectivity index (χ1v) is 6.93. The Morgan fingerprint density at radius 2 is 1.78 bits per heavy atom. The van der Waals surface area contributed by atoms with E-state index < -0.39 is 29.1 Å². The van der Waals surface area contributed by atoms with Crippen LogP contribution in [0.4, 0.5) is 13.2 Å². The number of nitrogens with two attached hydrogens (primary N) is 1. The molecule has 23 heavy (non-hydrogen) atoms. The van der Waals surface area contributed by atoms with Crippen LogP contribution in [0.15, 0.2) is 24.3 Å². The van der Waals surface area contributed by atoms with Crippen molar-refractivity contribution in [3.05, 3.63) is 35.4 Å². The molecule has 1 unspecified atom stereocenters. The molecule has 0 spiro atoms. The second-order valence-electron chi connectivity index (χ2n) is 5.29. The molecule has 0 bridgehead atoms. The molecule has 0 saturated heterocycles. The lowest BCUT2D eigenvalue weighted by Gasteiger charge is -2.25. The van der Waals surface area contributed by atoms with E-state index in [2.05, 4.69) is 5.32 Å². The summed E-state index contributed by atoms with van der Waals surface area (Å²) in [6.07, 6.45) is -4.06. The molecule has 0 heterocycles. The largest absolute Gasteiger partial charge is 0.416 e. The lowest BCUT2D eigenvalue weighted by atomic mass is 9.98. The zero-order valence-corrected chi connectivity index (χ0v) is 12.9. The normalized spacial score (nSPS) is 14.1. The van der Waals surface area contributed by atoms with Gasteiger partial charge >= 0.3 is 6.18 Å². The Kier molecular flexibility index (Phi) is 6.14. The fraction of sp³-hybridized carbons (Fsp3) is 0.467. The Morgan fingerprint density at radius 1 is 1.22 bits per heavy atom. The number of carbonyl (C=O) groups excluding carboxylic acids is 2. The minimum Gasteiger partial charge on any atom is -0.368 e. The molecule has 0 aliphatic carbocycles. The minimum absolute atomic E-state index is 0.0228. The average molecular weight is 332 g/mol. The van der Waals surface area contributed by atoms with Gasteiger partial charge in [0, 0.05) is 0 Å². The second-order valence-corrected chi connectivity index (χ2v) is 5.29. The van der Waals surface area contributed by atoms with Gasteiger partial charge < -0.3 is 15.8 Å². The van der Waals surface area contributed by atoms with Gasteiger partial charge in [-0.05, 0) is 31.0 Å². The number of benzene rings is 1. The molecule has 1 aromatic rings. The van der Waals surface area contributed by atoms with E-state index in [1.165, 1.54) is 19.1 Å². The summed E-state index contributed by atoms with van der Waals surface area (Å²) in [6, 6.07) is 4.45. The molecule has 1 aromatic carbocycles. The molecule has 3 N–H and O–H groups in total. The Bertz CT molecular complexity index is 558. The average Bonchev–Trinajstić information content (AvgIpc) is 2.46. The summed E-state index contributed by atoms with van der Waals surface area (Å²) >= 11 is 0. The van der Waals surface area contributed by atoms with Crippen molar-refractivity contribution in [1.29, 1.82) is 0 Å². The second kappa shape index (κ2) is 7.45. The van der Waals surface area contributed by atoms with Crippen LogP contribution in [0.2, 0.25) is 0 Å². The van der Waals surface area contributed by atoms with Gasteiger partial charge in [-0.1, -0.05) is 19.1 Å². The molecule has 0 fully saturated rings. The quantitative estimate of drug-likeness (QED) is 0.801. The number of rotatable bonds is 7. The zero-order valence-electron chi connectivity index (χ0n) is 12.9. The van der Waals surface area contributed by atoms with Gasteiger partial charge in [-0.25, -0.2) is 0 Å². The van der Waals surface area contributed by atoms with Crippen LogP contribution >= 0.6 is 0 Å². The highest BCUT2D eigenvalue weighted by Crippen LogP contribution is 2.29. The van der Waals surface area contributed by atoms with E-state index in [-0.39, 0.29) is 13.2 Å². The van der Waals surface area contributed by atoms with Crippen molar-refractivity contribution in [1.82, 2.24) is 5.32 Å². The molecule has 5 nitrogen and oxygen atoms in total. The van der Waals surface area contributed by atoms with E-state index in [9.17, 15) is 22.8 Å². The van der Waals surface area contributed by atoms with Crippen molar-refractivity contribution >= 4 is 11.8 Å². The Hall–Kier alpha value is -2.09. The first-order chi connectivity index (χ1) is 10.6. The standard InChI is InChI=1S/C15H19F3N2O3/c1-3-14(2,13(19)22)20-12(21)9-23-8-10-4-6-11(7-5-10)15(16,17)18/h4-7H,3,8-9H2,1-2H3,(H2,19,22)(H,20,21). The van der Waals surface area contributed by atoms with Crippen LogP contribution in [0.25, 0.3) is 0 Å². The molecule has 1 rings (SSSR count). The van der Waals surface area contributed by atoms with Crippen LogP contribution in [0.1, 0.15) is 31.4 Å². The molecule has 0 aromatic heterocycles. The molecule has 0 saturated carbocycles. The van der Waals surface area contributed by atoms with Gasteiger partial charge in [-0.15, -0.1) is 0 Å². The molecule has 2 amide bonds. The first-order valence-electron chi connectivity index (χ1n) is 6.93. The van der Waals surface area contributed by atoms with E-state index in [1.54, 1.807) is 6.92 Å². The third-order valence-corrected chi connectivity index (χ3v) is 3.45. The van der Waals surface area contributed by atoms with Gasteiger partial charge in [0.05, 0.1) is 12.2 Å². The van der Waals surface area contributed by atoms with Crippen molar-refractivity contribution in [2.24, 2.45) is 5.73 Å². The number of nitrogens with one attached hydrogen (secondary N) is 1. The van der Waals surface area contributed by atoms with E-state index in [0.29, 0.717) is 12.0 Å². The third kappa shape index (κ3) is 5.55. The van der Waals surface area contributed by atoms with E-state index in [4.69, 9.17) is 10.5 Å². The maximum Gasteiger partial charge on any atom is 0.416 e. The number of halogens is 3. The Morgan fingerprint density at radius 3 is 2.22 bits per heavy atom. The summed E-state index contributed by atoms with van der Waals surface area (Å²) in [4.78, 5) is 23.0. The van der Waals surface area contributed by atoms with Crippen LogP contribution in [0, 0.1) is 0 Å².